The van der Waals surface area contributed by atoms with Crippen molar-refractivity contribution in [3.05, 3.63) is 52.1 Å². The monoisotopic (exact) mass is 435 g/mol. The van der Waals surface area contributed by atoms with E-state index in [1.807, 2.05) is 0 Å². The van der Waals surface area contributed by atoms with Crippen LogP contribution in [0.1, 0.15) is 41.8 Å². The lowest BCUT2D eigenvalue weighted by molar-refractivity contribution is -0.123. The van der Waals surface area contributed by atoms with Crippen molar-refractivity contribution in [1.82, 2.24) is 4.90 Å². The van der Waals surface area contributed by atoms with Crippen LogP contribution < -0.4 is 0 Å². The fraction of sp³-hybridized carbons (Fsp3) is 0.250. The second-order valence-corrected chi connectivity index (χ2v) is 8.46. The predicted molar refractivity (Wildman–Crippen MR) is 108 cm³/mol. The van der Waals surface area contributed by atoms with Gasteiger partial charge in [-0.25, -0.2) is 13.6 Å². The zero-order valence-corrected chi connectivity index (χ0v) is 16.6. The number of thioether (sulfide) groups is 1. The number of halogens is 2. The number of furan rings is 1. The molecule has 1 saturated heterocycles. The molecule has 1 aromatic heterocycles. The molecule has 2 fully saturated rings. The summed E-state index contributed by atoms with van der Waals surface area (Å²) in [6.45, 7) is 0. The molecule has 1 saturated carbocycles. The van der Waals surface area contributed by atoms with Gasteiger partial charge in [-0.05, 0) is 37.1 Å². The molecule has 1 aliphatic heterocycles. The molecule has 0 spiro atoms. The Bertz CT molecular complexity index is 1060. The van der Waals surface area contributed by atoms with Crippen LogP contribution in [0, 0.1) is 11.6 Å². The van der Waals surface area contributed by atoms with Crippen LogP contribution in [0.25, 0.3) is 17.4 Å². The van der Waals surface area contributed by atoms with Gasteiger partial charge in [0.15, 0.2) is 5.82 Å². The first kappa shape index (κ1) is 19.8. The summed E-state index contributed by atoms with van der Waals surface area (Å²) in [4.78, 5) is 25.9. The van der Waals surface area contributed by atoms with Crippen molar-refractivity contribution in [3.8, 4) is 11.3 Å². The highest BCUT2D eigenvalue weighted by Gasteiger charge is 2.38. The van der Waals surface area contributed by atoms with Gasteiger partial charge >= 0.3 is 5.97 Å². The molecule has 1 aliphatic carbocycles. The Balaban J connectivity index is 1.62. The van der Waals surface area contributed by atoms with E-state index in [4.69, 9.17) is 21.7 Å². The maximum atomic E-state index is 14.4. The van der Waals surface area contributed by atoms with E-state index < -0.39 is 23.2 Å². The van der Waals surface area contributed by atoms with Crippen LogP contribution in [0.15, 0.2) is 33.6 Å². The van der Waals surface area contributed by atoms with Crippen LogP contribution in [0.5, 0.6) is 0 Å². The third-order valence-electron chi connectivity index (χ3n) is 4.98. The van der Waals surface area contributed by atoms with Crippen molar-refractivity contribution < 1.29 is 27.9 Å². The second-order valence-electron chi connectivity index (χ2n) is 6.78. The molecule has 9 heteroatoms. The van der Waals surface area contributed by atoms with E-state index in [1.54, 1.807) is 4.90 Å². The van der Waals surface area contributed by atoms with Gasteiger partial charge in [0, 0.05) is 12.1 Å². The van der Waals surface area contributed by atoms with E-state index >= 15 is 0 Å². The molecule has 0 atom stereocenters. The highest BCUT2D eigenvalue weighted by molar-refractivity contribution is 8.26. The van der Waals surface area contributed by atoms with Crippen molar-refractivity contribution in [1.29, 1.82) is 0 Å². The average Bonchev–Trinajstić information content (AvgIpc) is 3.38. The Morgan fingerprint density at radius 3 is 2.66 bits per heavy atom. The lowest BCUT2D eigenvalue weighted by Crippen LogP contribution is -2.36. The molecular weight excluding hydrogens is 420 g/mol. The highest BCUT2D eigenvalue weighted by atomic mass is 32.2. The summed E-state index contributed by atoms with van der Waals surface area (Å²) < 4.78 is 34.1. The standard InChI is InChI=1S/C20H15F2NO4S2/c21-13-7-6-12(17(22)16(13)19(25)26)14-8-5-11(27-14)9-15-18(24)23(20(28)29-15)10-3-1-2-4-10/h5-10H,1-4H2,(H,25,26). The Hall–Kier alpha value is -2.52. The number of rotatable bonds is 4. The Morgan fingerprint density at radius 2 is 1.97 bits per heavy atom. The van der Waals surface area contributed by atoms with Gasteiger partial charge in [0.1, 0.15) is 27.2 Å². The van der Waals surface area contributed by atoms with Gasteiger partial charge in [-0.3, -0.25) is 9.69 Å². The molecule has 0 unspecified atom stereocenters. The lowest BCUT2D eigenvalue weighted by atomic mass is 10.1. The second kappa shape index (κ2) is 7.72. The number of carbonyl (C=O) groups excluding carboxylic acids is 1. The van der Waals surface area contributed by atoms with Gasteiger partial charge in [0.25, 0.3) is 5.91 Å². The van der Waals surface area contributed by atoms with E-state index in [1.165, 1.54) is 30.0 Å². The van der Waals surface area contributed by atoms with E-state index in [2.05, 4.69) is 0 Å². The topological polar surface area (TPSA) is 70.8 Å². The van der Waals surface area contributed by atoms with Crippen LogP contribution >= 0.6 is 24.0 Å². The van der Waals surface area contributed by atoms with Gasteiger partial charge in [0.2, 0.25) is 0 Å². The maximum absolute atomic E-state index is 14.4. The van der Waals surface area contributed by atoms with Crippen LogP contribution in [0.3, 0.4) is 0 Å². The number of aromatic carboxylic acids is 1. The minimum Gasteiger partial charge on any atom is -0.477 e. The fourth-order valence-electron chi connectivity index (χ4n) is 3.60. The van der Waals surface area contributed by atoms with Crippen LogP contribution in [-0.4, -0.2) is 32.2 Å². The number of hydrogen-bond donors (Lipinski definition) is 1. The van der Waals surface area contributed by atoms with Crippen LogP contribution in [0.2, 0.25) is 0 Å². The van der Waals surface area contributed by atoms with Crippen molar-refractivity contribution >= 4 is 46.3 Å². The molecule has 4 rings (SSSR count). The normalized spacial score (nSPS) is 19.0. The largest absolute Gasteiger partial charge is 0.477 e. The quantitative estimate of drug-likeness (QED) is 0.534. The molecule has 2 aromatic rings. The fourth-order valence-corrected chi connectivity index (χ4v) is 4.98. The first-order valence-electron chi connectivity index (χ1n) is 8.95. The Kier molecular flexibility index (Phi) is 5.26. The molecule has 1 N–H and O–H groups in total. The van der Waals surface area contributed by atoms with E-state index in [-0.39, 0.29) is 29.0 Å². The first-order chi connectivity index (χ1) is 13.9. The summed E-state index contributed by atoms with van der Waals surface area (Å²) >= 11 is 6.54. The van der Waals surface area contributed by atoms with Crippen molar-refractivity contribution in [2.75, 3.05) is 0 Å². The Morgan fingerprint density at radius 1 is 1.24 bits per heavy atom. The molecule has 1 aromatic carbocycles. The van der Waals surface area contributed by atoms with E-state index in [0.717, 1.165) is 37.8 Å². The summed E-state index contributed by atoms with van der Waals surface area (Å²) in [5, 5.41) is 9.00. The number of thiocarbonyl (C=S) groups is 1. The molecule has 2 aliphatic rings. The van der Waals surface area contributed by atoms with Crippen LogP contribution in [-0.2, 0) is 4.79 Å². The highest BCUT2D eigenvalue weighted by Crippen LogP contribution is 2.38. The predicted octanol–water partition coefficient (Wildman–Crippen LogP) is 5.07. The van der Waals surface area contributed by atoms with Gasteiger partial charge < -0.3 is 9.52 Å². The number of carbonyl (C=O) groups is 2. The summed E-state index contributed by atoms with van der Waals surface area (Å²) in [6, 6.07) is 5.07. The van der Waals surface area contributed by atoms with Gasteiger partial charge in [-0.15, -0.1) is 0 Å². The molecule has 0 radical (unpaired) electrons. The maximum Gasteiger partial charge on any atom is 0.341 e. The van der Waals surface area contributed by atoms with Crippen molar-refractivity contribution in [2.45, 2.75) is 31.7 Å². The lowest BCUT2D eigenvalue weighted by Gasteiger charge is -2.21. The van der Waals surface area contributed by atoms with Crippen LogP contribution in [0.4, 0.5) is 8.78 Å². The third-order valence-corrected chi connectivity index (χ3v) is 6.31. The molecule has 0 bridgehead atoms. The molecule has 150 valence electrons. The van der Waals surface area contributed by atoms with E-state index in [0.29, 0.717) is 9.23 Å². The minimum absolute atomic E-state index is 0.0301. The number of nitrogens with zero attached hydrogens (tertiary/aromatic N) is 1. The molecule has 29 heavy (non-hydrogen) atoms. The summed E-state index contributed by atoms with van der Waals surface area (Å²) in [5.41, 5.74) is -1.22. The van der Waals surface area contributed by atoms with Gasteiger partial charge in [0.05, 0.1) is 10.5 Å². The average molecular weight is 435 g/mol. The summed E-state index contributed by atoms with van der Waals surface area (Å²) in [6.07, 6.45) is 5.53. The number of carboxylic acid groups (broad SMARTS) is 1. The molecule has 2 heterocycles. The Labute approximate surface area is 174 Å². The zero-order chi connectivity index (χ0) is 20.7. The number of carboxylic acids is 1. The SMILES string of the molecule is O=C(O)c1c(F)ccc(-c2ccc(C=C3SC(=S)N(C4CCCC4)C3=O)o2)c1F. The van der Waals surface area contributed by atoms with E-state index in [9.17, 15) is 18.4 Å². The van der Waals surface area contributed by atoms with Crippen molar-refractivity contribution in [2.24, 2.45) is 0 Å². The minimum atomic E-state index is -1.70. The van der Waals surface area contributed by atoms with Gasteiger partial charge in [-0.2, -0.15) is 0 Å². The van der Waals surface area contributed by atoms with Crippen molar-refractivity contribution in [3.63, 3.8) is 0 Å². The summed E-state index contributed by atoms with van der Waals surface area (Å²) in [7, 11) is 0. The first-order valence-corrected chi connectivity index (χ1v) is 10.2. The number of benzene rings is 1. The molecule has 5 nitrogen and oxygen atoms in total. The zero-order valence-electron chi connectivity index (χ0n) is 15.0. The smallest absolute Gasteiger partial charge is 0.341 e. The number of amides is 1. The number of hydrogen-bond acceptors (Lipinski definition) is 5. The third kappa shape index (κ3) is 3.60. The molecule has 1 amide bonds. The van der Waals surface area contributed by atoms with Gasteiger partial charge in [-0.1, -0.05) is 36.8 Å². The molecular formula is C20H15F2NO4S2. The summed E-state index contributed by atoms with van der Waals surface area (Å²) in [5.74, 6) is -3.95.